The van der Waals surface area contributed by atoms with Crippen molar-refractivity contribution in [2.45, 2.75) is 19.4 Å². The van der Waals surface area contributed by atoms with Gasteiger partial charge < -0.3 is 9.47 Å². The fourth-order valence-corrected chi connectivity index (χ4v) is 3.00. The summed E-state index contributed by atoms with van der Waals surface area (Å²) >= 11 is 0. The molecule has 0 fully saturated rings. The van der Waals surface area contributed by atoms with E-state index in [1.807, 2.05) is 60.7 Å². The van der Waals surface area contributed by atoms with Crippen molar-refractivity contribution in [3.8, 4) is 23.5 Å². The summed E-state index contributed by atoms with van der Waals surface area (Å²) in [5, 5.41) is 8.14. The molecule has 4 aromatic rings. The third kappa shape index (κ3) is 6.36. The predicted molar refractivity (Wildman–Crippen MR) is 121 cm³/mol. The molecular weight excluding hydrogens is 441 g/mol. The lowest BCUT2D eigenvalue weighted by molar-refractivity contribution is -0.137. The molecule has 0 aliphatic carbocycles. The second-order valence-electron chi connectivity index (χ2n) is 7.28. The second-order valence-corrected chi connectivity index (χ2v) is 7.28. The molecule has 4 nitrogen and oxygen atoms in total. The van der Waals surface area contributed by atoms with Crippen molar-refractivity contribution in [1.29, 1.82) is 0 Å². The standard InChI is InChI=1S/C27H19F3N2O2/c28-27(29,30)23-13-7-12-20(16-23)14-15-24-17-25(33-18-21-8-3-1-4-9-21)26(32-31-24)34-19-22-10-5-2-6-11-22/h1-13,16-17H,18-19H2. The highest BCUT2D eigenvalue weighted by Crippen LogP contribution is 2.29. The fourth-order valence-electron chi connectivity index (χ4n) is 3.00. The van der Waals surface area contributed by atoms with Crippen LogP contribution in [0, 0.1) is 11.8 Å². The fraction of sp³-hybridized carbons (Fsp3) is 0.111. The lowest BCUT2D eigenvalue weighted by Gasteiger charge is -2.11. The van der Waals surface area contributed by atoms with Gasteiger partial charge in [0.05, 0.1) is 5.56 Å². The number of ether oxygens (including phenoxy) is 2. The van der Waals surface area contributed by atoms with Gasteiger partial charge in [0.2, 0.25) is 0 Å². The molecule has 4 rings (SSSR count). The third-order valence-electron chi connectivity index (χ3n) is 4.71. The quantitative estimate of drug-likeness (QED) is 0.329. The Morgan fingerprint density at radius 2 is 1.32 bits per heavy atom. The van der Waals surface area contributed by atoms with Gasteiger partial charge in [-0.2, -0.15) is 13.2 Å². The number of aromatic nitrogens is 2. The van der Waals surface area contributed by atoms with Crippen LogP contribution in [-0.4, -0.2) is 10.2 Å². The minimum Gasteiger partial charge on any atom is -0.483 e. The van der Waals surface area contributed by atoms with Gasteiger partial charge in [0.25, 0.3) is 5.88 Å². The zero-order valence-corrected chi connectivity index (χ0v) is 17.9. The van der Waals surface area contributed by atoms with Gasteiger partial charge in [-0.1, -0.05) is 72.7 Å². The van der Waals surface area contributed by atoms with E-state index in [1.165, 1.54) is 12.1 Å². The van der Waals surface area contributed by atoms with Crippen LogP contribution in [0.5, 0.6) is 11.6 Å². The molecule has 0 aliphatic rings. The van der Waals surface area contributed by atoms with Crippen LogP contribution >= 0.6 is 0 Å². The van der Waals surface area contributed by atoms with Crippen molar-refractivity contribution in [3.63, 3.8) is 0 Å². The van der Waals surface area contributed by atoms with Crippen molar-refractivity contribution in [2.24, 2.45) is 0 Å². The number of benzene rings is 3. The molecule has 34 heavy (non-hydrogen) atoms. The number of rotatable bonds is 6. The number of hydrogen-bond donors (Lipinski definition) is 0. The first kappa shape index (κ1) is 22.9. The van der Waals surface area contributed by atoms with Crippen LogP contribution in [0.3, 0.4) is 0 Å². The Morgan fingerprint density at radius 1 is 0.676 bits per heavy atom. The highest BCUT2D eigenvalue weighted by molar-refractivity contribution is 5.45. The predicted octanol–water partition coefficient (Wildman–Crippen LogP) is 6.05. The first-order valence-electron chi connectivity index (χ1n) is 10.4. The van der Waals surface area contributed by atoms with E-state index in [0.717, 1.165) is 23.3 Å². The van der Waals surface area contributed by atoms with E-state index < -0.39 is 11.7 Å². The van der Waals surface area contributed by atoms with Crippen LogP contribution in [0.1, 0.15) is 27.9 Å². The molecule has 0 saturated heterocycles. The molecule has 0 amide bonds. The summed E-state index contributed by atoms with van der Waals surface area (Å²) in [6, 6.07) is 25.5. The van der Waals surface area contributed by atoms with E-state index in [0.29, 0.717) is 5.75 Å². The zero-order valence-electron chi connectivity index (χ0n) is 17.9. The number of halogens is 3. The largest absolute Gasteiger partial charge is 0.483 e. The van der Waals surface area contributed by atoms with Gasteiger partial charge in [-0.05, 0) is 35.2 Å². The van der Waals surface area contributed by atoms with Crippen LogP contribution in [0.2, 0.25) is 0 Å². The Morgan fingerprint density at radius 3 is 1.97 bits per heavy atom. The number of hydrogen-bond acceptors (Lipinski definition) is 4. The molecule has 0 aliphatic heterocycles. The van der Waals surface area contributed by atoms with Gasteiger partial charge in [-0.25, -0.2) is 0 Å². The smallest absolute Gasteiger partial charge is 0.416 e. The molecule has 170 valence electrons. The lowest BCUT2D eigenvalue weighted by Crippen LogP contribution is -2.05. The minimum absolute atomic E-state index is 0.199. The van der Waals surface area contributed by atoms with E-state index in [4.69, 9.17) is 9.47 Å². The van der Waals surface area contributed by atoms with Crippen LogP contribution in [0.15, 0.2) is 91.0 Å². The van der Waals surface area contributed by atoms with Gasteiger partial charge in [0, 0.05) is 11.6 Å². The highest BCUT2D eigenvalue weighted by atomic mass is 19.4. The maximum absolute atomic E-state index is 12.9. The summed E-state index contributed by atoms with van der Waals surface area (Å²) in [4.78, 5) is 0. The molecule has 7 heteroatoms. The summed E-state index contributed by atoms with van der Waals surface area (Å²) in [5.74, 6) is 5.99. The average Bonchev–Trinajstić information content (AvgIpc) is 2.86. The van der Waals surface area contributed by atoms with Gasteiger partial charge in [-0.3, -0.25) is 0 Å². The Kier molecular flexibility index (Phi) is 7.09. The van der Waals surface area contributed by atoms with Crippen molar-refractivity contribution < 1.29 is 22.6 Å². The van der Waals surface area contributed by atoms with Crippen molar-refractivity contribution in [2.75, 3.05) is 0 Å². The molecule has 0 radical (unpaired) electrons. The second kappa shape index (κ2) is 10.5. The molecule has 3 aromatic carbocycles. The number of alkyl halides is 3. The maximum atomic E-state index is 12.9. The molecule has 0 spiro atoms. The minimum atomic E-state index is -4.44. The molecular formula is C27H19F3N2O2. The molecule has 0 atom stereocenters. The van der Waals surface area contributed by atoms with E-state index in [2.05, 4.69) is 22.0 Å². The van der Waals surface area contributed by atoms with Crippen LogP contribution in [0.25, 0.3) is 0 Å². The SMILES string of the molecule is FC(F)(F)c1cccc(C#Cc2cc(OCc3ccccc3)c(OCc3ccccc3)nn2)c1. The van der Waals surface area contributed by atoms with E-state index >= 15 is 0 Å². The zero-order chi connectivity index (χ0) is 23.8. The Bertz CT molecular complexity index is 1300. The summed E-state index contributed by atoms with van der Waals surface area (Å²) in [6.07, 6.45) is -4.44. The van der Waals surface area contributed by atoms with Crippen LogP contribution in [-0.2, 0) is 19.4 Å². The molecule has 0 unspecified atom stereocenters. The third-order valence-corrected chi connectivity index (χ3v) is 4.71. The molecule has 0 N–H and O–H groups in total. The maximum Gasteiger partial charge on any atom is 0.416 e. The normalized spacial score (nSPS) is 10.8. The summed E-state index contributed by atoms with van der Waals surface area (Å²) < 4.78 is 50.6. The van der Waals surface area contributed by atoms with E-state index in [-0.39, 0.29) is 30.4 Å². The Hall–Kier alpha value is -4.31. The molecule has 1 aromatic heterocycles. The van der Waals surface area contributed by atoms with Gasteiger partial charge in [-0.15, -0.1) is 10.2 Å². The summed E-state index contributed by atoms with van der Waals surface area (Å²) in [6.45, 7) is 0.543. The topological polar surface area (TPSA) is 44.2 Å². The van der Waals surface area contributed by atoms with Crippen LogP contribution in [0.4, 0.5) is 13.2 Å². The molecule has 0 bridgehead atoms. The monoisotopic (exact) mass is 460 g/mol. The Labute approximate surface area is 195 Å². The van der Waals surface area contributed by atoms with Crippen LogP contribution < -0.4 is 9.47 Å². The van der Waals surface area contributed by atoms with Crippen molar-refractivity contribution in [3.05, 3.63) is 119 Å². The van der Waals surface area contributed by atoms with Crippen molar-refractivity contribution >= 4 is 0 Å². The first-order valence-corrected chi connectivity index (χ1v) is 10.4. The first-order chi connectivity index (χ1) is 16.5. The van der Waals surface area contributed by atoms with Gasteiger partial charge in [0.1, 0.15) is 18.9 Å². The van der Waals surface area contributed by atoms with Gasteiger partial charge in [0.15, 0.2) is 5.75 Å². The average molecular weight is 460 g/mol. The van der Waals surface area contributed by atoms with Gasteiger partial charge >= 0.3 is 6.18 Å². The highest BCUT2D eigenvalue weighted by Gasteiger charge is 2.30. The lowest BCUT2D eigenvalue weighted by atomic mass is 10.1. The summed E-state index contributed by atoms with van der Waals surface area (Å²) in [7, 11) is 0. The number of nitrogens with zero attached hydrogens (tertiary/aromatic N) is 2. The summed E-state index contributed by atoms with van der Waals surface area (Å²) in [5.41, 5.74) is 1.60. The van der Waals surface area contributed by atoms with E-state index in [9.17, 15) is 13.2 Å². The van der Waals surface area contributed by atoms with E-state index in [1.54, 1.807) is 6.07 Å². The molecule has 1 heterocycles. The molecule has 0 saturated carbocycles. The Balaban J connectivity index is 1.57. The van der Waals surface area contributed by atoms with Crippen molar-refractivity contribution in [1.82, 2.24) is 10.2 Å².